The molecule has 1 spiro atoms. The zero-order valence-electron chi connectivity index (χ0n) is 15.1. The highest BCUT2D eigenvalue weighted by molar-refractivity contribution is 7.86. The summed E-state index contributed by atoms with van der Waals surface area (Å²) in [6.45, 7) is 0.955. The van der Waals surface area contributed by atoms with Gasteiger partial charge in [0.1, 0.15) is 12.2 Å². The fraction of sp³-hybridized carbons (Fsp3) is 0.579. The van der Waals surface area contributed by atoms with E-state index in [0.717, 1.165) is 31.4 Å². The highest BCUT2D eigenvalue weighted by Crippen LogP contribution is 2.62. The molecule has 6 nitrogen and oxygen atoms in total. The number of nitrogens with zero attached hydrogens (tertiary/aromatic N) is 1. The molecule has 5 atom stereocenters. The molecular weight excluding hydrogens is 354 g/mol. The Hall–Kier alpha value is -1.57. The van der Waals surface area contributed by atoms with Gasteiger partial charge in [-0.15, -0.1) is 0 Å². The third-order valence-corrected chi connectivity index (χ3v) is 7.19. The van der Waals surface area contributed by atoms with Crippen LogP contribution in [0.2, 0.25) is 0 Å². The predicted molar refractivity (Wildman–Crippen MR) is 96.2 cm³/mol. The average molecular weight is 377 g/mol. The molecule has 2 aliphatic carbocycles. The Labute approximate surface area is 153 Å². The van der Waals surface area contributed by atoms with E-state index in [1.54, 1.807) is 7.11 Å². The second-order valence-corrected chi connectivity index (χ2v) is 9.49. The molecule has 0 saturated carbocycles. The van der Waals surface area contributed by atoms with Crippen molar-refractivity contribution in [2.45, 2.75) is 36.5 Å². The quantitative estimate of drug-likeness (QED) is 0.587. The SMILES string of the molecule is COc1ccc2c3c1O[C@H]1[C@@H](OS(C)(=O)=O)C=C[C@H]4[C@@H](C2)N(C)CC[C@@]341. The summed E-state index contributed by atoms with van der Waals surface area (Å²) < 4.78 is 41.0. The molecule has 0 amide bonds. The van der Waals surface area contributed by atoms with Crippen molar-refractivity contribution in [2.75, 3.05) is 27.0 Å². The number of likely N-dealkylation sites (N-methyl/N-ethyl adjacent to an activating group) is 1. The van der Waals surface area contributed by atoms with Crippen LogP contribution in [-0.2, 0) is 26.1 Å². The molecule has 7 heteroatoms. The smallest absolute Gasteiger partial charge is 0.265 e. The van der Waals surface area contributed by atoms with Crippen molar-refractivity contribution in [2.24, 2.45) is 5.92 Å². The molecule has 0 unspecified atom stereocenters. The van der Waals surface area contributed by atoms with Gasteiger partial charge in [0.25, 0.3) is 10.1 Å². The molecule has 5 rings (SSSR count). The topological polar surface area (TPSA) is 65.1 Å². The number of likely N-dealkylation sites (tertiary alicyclic amines) is 1. The van der Waals surface area contributed by atoms with Gasteiger partial charge in [0.2, 0.25) is 0 Å². The van der Waals surface area contributed by atoms with Gasteiger partial charge in [0.05, 0.1) is 13.4 Å². The molecule has 0 aromatic heterocycles. The van der Waals surface area contributed by atoms with Gasteiger partial charge in [-0.05, 0) is 38.1 Å². The first-order valence-electron chi connectivity index (χ1n) is 8.99. The monoisotopic (exact) mass is 377 g/mol. The fourth-order valence-electron chi connectivity index (χ4n) is 5.65. The molecule has 2 bridgehead atoms. The summed E-state index contributed by atoms with van der Waals surface area (Å²) in [6, 6.07) is 4.48. The van der Waals surface area contributed by atoms with Crippen LogP contribution in [0.3, 0.4) is 0 Å². The lowest BCUT2D eigenvalue weighted by Crippen LogP contribution is -2.65. The molecule has 26 heavy (non-hydrogen) atoms. The van der Waals surface area contributed by atoms with Crippen molar-refractivity contribution in [3.63, 3.8) is 0 Å². The summed E-state index contributed by atoms with van der Waals surface area (Å²) in [5.74, 6) is 1.77. The molecule has 1 saturated heterocycles. The molecule has 1 fully saturated rings. The maximum absolute atomic E-state index is 11.8. The van der Waals surface area contributed by atoms with Crippen LogP contribution < -0.4 is 9.47 Å². The normalized spacial score (nSPS) is 37.2. The van der Waals surface area contributed by atoms with Crippen LogP contribution in [0.15, 0.2) is 24.3 Å². The largest absolute Gasteiger partial charge is 0.493 e. The van der Waals surface area contributed by atoms with Gasteiger partial charge in [-0.1, -0.05) is 18.2 Å². The van der Waals surface area contributed by atoms with Crippen LogP contribution >= 0.6 is 0 Å². The molecule has 0 N–H and O–H groups in total. The zero-order chi connectivity index (χ0) is 18.3. The lowest BCUT2D eigenvalue weighted by molar-refractivity contribution is -0.0365. The summed E-state index contributed by atoms with van der Waals surface area (Å²) in [5, 5.41) is 0. The maximum atomic E-state index is 11.8. The third kappa shape index (κ3) is 2.02. The molecule has 2 aliphatic heterocycles. The first-order chi connectivity index (χ1) is 12.3. The molecule has 4 aliphatic rings. The summed E-state index contributed by atoms with van der Waals surface area (Å²) in [6.07, 6.45) is 6.04. The van der Waals surface area contributed by atoms with Gasteiger partial charge in [-0.3, -0.25) is 4.18 Å². The van der Waals surface area contributed by atoms with Gasteiger partial charge >= 0.3 is 0 Å². The van der Waals surface area contributed by atoms with E-state index in [2.05, 4.69) is 24.1 Å². The van der Waals surface area contributed by atoms with Crippen molar-refractivity contribution in [3.05, 3.63) is 35.4 Å². The molecular formula is C19H23NO5S. The minimum Gasteiger partial charge on any atom is -0.493 e. The van der Waals surface area contributed by atoms with Gasteiger partial charge in [0.15, 0.2) is 11.5 Å². The van der Waals surface area contributed by atoms with Crippen molar-refractivity contribution in [1.29, 1.82) is 0 Å². The molecule has 1 aromatic carbocycles. The van der Waals surface area contributed by atoms with Crippen molar-refractivity contribution in [3.8, 4) is 11.5 Å². The number of benzene rings is 1. The molecule has 2 heterocycles. The van der Waals surface area contributed by atoms with Crippen molar-refractivity contribution in [1.82, 2.24) is 4.90 Å². The number of piperidine rings is 1. The maximum Gasteiger partial charge on any atom is 0.265 e. The van der Waals surface area contributed by atoms with Gasteiger partial charge in [-0.2, -0.15) is 8.42 Å². The lowest BCUT2D eigenvalue weighted by Gasteiger charge is -2.56. The van der Waals surface area contributed by atoms with Crippen LogP contribution in [0.1, 0.15) is 17.5 Å². The van der Waals surface area contributed by atoms with Gasteiger partial charge in [0, 0.05) is 22.9 Å². The van der Waals surface area contributed by atoms with Crippen molar-refractivity contribution >= 4 is 10.1 Å². The van der Waals surface area contributed by atoms with Crippen LogP contribution in [0, 0.1) is 5.92 Å². The van der Waals surface area contributed by atoms with E-state index in [1.807, 2.05) is 12.1 Å². The standard InChI is InChI=1S/C19H23NO5S/c1-20-9-8-19-12-5-7-15(25-26(3,21)22)18(19)24-17-14(23-2)6-4-11(16(17)19)10-13(12)20/h4-7,12-13,15,18H,8-10H2,1-3H3/t12-,13+,15-,18-,19-/m0/s1. The number of rotatable bonds is 3. The fourth-order valence-corrected chi connectivity index (χ4v) is 6.22. The van der Waals surface area contributed by atoms with E-state index >= 15 is 0 Å². The first-order valence-corrected chi connectivity index (χ1v) is 10.8. The summed E-state index contributed by atoms with van der Waals surface area (Å²) in [7, 11) is 0.223. The predicted octanol–water partition coefficient (Wildman–Crippen LogP) is 1.49. The van der Waals surface area contributed by atoms with E-state index in [-0.39, 0.29) is 17.4 Å². The van der Waals surface area contributed by atoms with Crippen LogP contribution in [0.5, 0.6) is 11.5 Å². The Morgan fingerprint density at radius 3 is 2.85 bits per heavy atom. The number of hydrogen-bond acceptors (Lipinski definition) is 6. The number of methoxy groups -OCH3 is 1. The Balaban J connectivity index is 1.73. The highest BCUT2D eigenvalue weighted by Gasteiger charge is 2.65. The highest BCUT2D eigenvalue weighted by atomic mass is 32.2. The second kappa shape index (κ2) is 5.24. The Morgan fingerprint density at radius 2 is 2.12 bits per heavy atom. The van der Waals surface area contributed by atoms with E-state index in [9.17, 15) is 8.42 Å². The number of ether oxygens (including phenoxy) is 2. The van der Waals surface area contributed by atoms with Gasteiger partial charge in [-0.25, -0.2) is 0 Å². The van der Waals surface area contributed by atoms with E-state index in [4.69, 9.17) is 13.7 Å². The summed E-state index contributed by atoms with van der Waals surface area (Å²) in [5.41, 5.74) is 2.24. The van der Waals surface area contributed by atoms with Crippen LogP contribution in [-0.4, -0.2) is 58.5 Å². The third-order valence-electron chi connectivity index (χ3n) is 6.62. The minimum absolute atomic E-state index is 0.251. The minimum atomic E-state index is -3.59. The Morgan fingerprint density at radius 1 is 1.31 bits per heavy atom. The number of hydrogen-bond donors (Lipinski definition) is 0. The van der Waals surface area contributed by atoms with E-state index in [0.29, 0.717) is 11.8 Å². The average Bonchev–Trinajstić information content (AvgIpc) is 2.93. The first kappa shape index (κ1) is 16.6. The Kier molecular flexibility index (Phi) is 3.34. The second-order valence-electron chi connectivity index (χ2n) is 7.89. The van der Waals surface area contributed by atoms with Crippen LogP contribution in [0.25, 0.3) is 0 Å². The summed E-state index contributed by atoms with van der Waals surface area (Å²) >= 11 is 0. The molecule has 140 valence electrons. The lowest BCUT2D eigenvalue weighted by atomic mass is 9.53. The zero-order valence-corrected chi connectivity index (χ0v) is 16.0. The van der Waals surface area contributed by atoms with Gasteiger partial charge < -0.3 is 14.4 Å². The Bertz CT molecular complexity index is 911. The summed E-state index contributed by atoms with van der Waals surface area (Å²) in [4.78, 5) is 2.42. The molecule has 1 aromatic rings. The van der Waals surface area contributed by atoms with E-state index < -0.39 is 16.2 Å². The van der Waals surface area contributed by atoms with E-state index in [1.165, 1.54) is 11.1 Å². The van der Waals surface area contributed by atoms with Crippen LogP contribution in [0.4, 0.5) is 0 Å². The molecule has 0 radical (unpaired) electrons. The van der Waals surface area contributed by atoms with Crippen molar-refractivity contribution < 1.29 is 22.1 Å².